The van der Waals surface area contributed by atoms with Crippen molar-refractivity contribution < 1.29 is 24.3 Å². The van der Waals surface area contributed by atoms with Crippen LogP contribution in [0.25, 0.3) is 0 Å². The maximum absolute atomic E-state index is 14.9. The summed E-state index contributed by atoms with van der Waals surface area (Å²) in [6.45, 7) is 0. The molecule has 1 aliphatic carbocycles. The van der Waals surface area contributed by atoms with Crippen molar-refractivity contribution in [3.63, 3.8) is 0 Å². The molecule has 46 heavy (non-hydrogen) atoms. The van der Waals surface area contributed by atoms with Crippen LogP contribution in [0.4, 0.5) is 0 Å². The van der Waals surface area contributed by atoms with Gasteiger partial charge in [0.1, 0.15) is 5.60 Å². The van der Waals surface area contributed by atoms with Crippen LogP contribution in [-0.4, -0.2) is 28.2 Å². The molecule has 0 amide bonds. The average molecular weight is 672 g/mol. The van der Waals surface area contributed by atoms with Crippen LogP contribution in [0.3, 0.4) is 0 Å². The molecule has 0 saturated heterocycles. The van der Waals surface area contributed by atoms with Gasteiger partial charge in [-0.2, -0.15) is 0 Å². The lowest BCUT2D eigenvalue weighted by Crippen LogP contribution is -2.58. The molecule has 5 atom stereocenters. The summed E-state index contributed by atoms with van der Waals surface area (Å²) < 4.78 is 0.506. The summed E-state index contributed by atoms with van der Waals surface area (Å²) in [7, 11) is 0. The highest BCUT2D eigenvalue weighted by atomic mass is 79.9. The maximum Gasteiger partial charge on any atom is 0.169 e. The van der Waals surface area contributed by atoms with Crippen LogP contribution in [-0.2, 0) is 5.60 Å². The van der Waals surface area contributed by atoms with Crippen molar-refractivity contribution in [1.29, 1.82) is 0 Å². The van der Waals surface area contributed by atoms with Gasteiger partial charge in [-0.05, 0) is 18.1 Å². The Hall–Kier alpha value is -4.78. The second kappa shape index (κ2) is 13.3. The first-order chi connectivity index (χ1) is 22.3. The van der Waals surface area contributed by atoms with Crippen molar-refractivity contribution in [2.45, 2.75) is 12.0 Å². The number of halogens is 1. The Kier molecular flexibility index (Phi) is 9.02. The summed E-state index contributed by atoms with van der Waals surface area (Å²) in [6, 6.07) is 41.1. The van der Waals surface area contributed by atoms with E-state index in [1.165, 1.54) is 0 Å². The molecule has 0 radical (unpaired) electrons. The van der Waals surface area contributed by atoms with Crippen molar-refractivity contribution in [2.75, 3.05) is 0 Å². The van der Waals surface area contributed by atoms with Gasteiger partial charge in [0.15, 0.2) is 23.1 Å². The van der Waals surface area contributed by atoms with Gasteiger partial charge in [0, 0.05) is 44.5 Å². The van der Waals surface area contributed by atoms with E-state index in [0.29, 0.717) is 26.7 Å². The quantitative estimate of drug-likeness (QED) is 0.160. The molecule has 6 rings (SSSR count). The molecule has 6 heteroatoms. The highest BCUT2D eigenvalue weighted by Crippen LogP contribution is 2.54. The lowest BCUT2D eigenvalue weighted by Gasteiger charge is -2.50. The number of hydrogen-bond acceptors (Lipinski definition) is 5. The molecule has 5 aromatic rings. The molecule has 0 heterocycles. The van der Waals surface area contributed by atoms with Crippen molar-refractivity contribution in [1.82, 2.24) is 0 Å². The first-order valence-corrected chi connectivity index (χ1v) is 15.9. The Morgan fingerprint density at radius 2 is 0.957 bits per heavy atom. The molecule has 0 aromatic heterocycles. The third-order valence-corrected chi connectivity index (χ3v) is 9.73. The number of aliphatic hydroxyl groups is 1. The number of rotatable bonds is 9. The van der Waals surface area contributed by atoms with Crippen LogP contribution in [0.1, 0.15) is 53.4 Å². The Morgan fingerprint density at radius 1 is 0.522 bits per heavy atom. The van der Waals surface area contributed by atoms with E-state index < -0.39 is 46.6 Å². The minimum Gasteiger partial charge on any atom is -0.384 e. The monoisotopic (exact) mass is 670 g/mol. The van der Waals surface area contributed by atoms with E-state index in [0.717, 1.165) is 0 Å². The van der Waals surface area contributed by atoms with Crippen molar-refractivity contribution in [2.24, 2.45) is 23.7 Å². The Balaban J connectivity index is 1.65. The van der Waals surface area contributed by atoms with Crippen LogP contribution in [0, 0.1) is 23.7 Å². The fourth-order valence-corrected chi connectivity index (χ4v) is 7.38. The summed E-state index contributed by atoms with van der Waals surface area (Å²) in [4.78, 5) is 59.0. The summed E-state index contributed by atoms with van der Waals surface area (Å²) in [5.41, 5.74) is -0.345. The molecule has 0 aliphatic heterocycles. The van der Waals surface area contributed by atoms with E-state index in [-0.39, 0.29) is 17.8 Å². The Morgan fingerprint density at radius 3 is 1.48 bits per heavy atom. The van der Waals surface area contributed by atoms with Gasteiger partial charge in [-0.15, -0.1) is 0 Å². The minimum atomic E-state index is -1.97. The molecule has 1 aliphatic rings. The molecule has 5 unspecified atom stereocenters. The van der Waals surface area contributed by atoms with E-state index in [1.54, 1.807) is 146 Å². The molecule has 1 saturated carbocycles. The third-order valence-electron chi connectivity index (χ3n) is 9.04. The summed E-state index contributed by atoms with van der Waals surface area (Å²) >= 11 is 3.50. The van der Waals surface area contributed by atoms with E-state index in [4.69, 9.17) is 0 Å². The molecule has 228 valence electrons. The Labute approximate surface area is 276 Å². The van der Waals surface area contributed by atoms with Crippen LogP contribution >= 0.6 is 15.9 Å². The van der Waals surface area contributed by atoms with E-state index in [1.807, 2.05) is 0 Å². The van der Waals surface area contributed by atoms with Gasteiger partial charge < -0.3 is 5.11 Å². The van der Waals surface area contributed by atoms with Gasteiger partial charge in [0.25, 0.3) is 0 Å². The van der Waals surface area contributed by atoms with Crippen molar-refractivity contribution in [3.05, 3.63) is 178 Å². The molecule has 5 aromatic carbocycles. The highest BCUT2D eigenvalue weighted by molar-refractivity contribution is 9.10. The van der Waals surface area contributed by atoms with Crippen molar-refractivity contribution in [3.8, 4) is 0 Å². The van der Waals surface area contributed by atoms with Crippen LogP contribution in [0.15, 0.2) is 150 Å². The molecular weight excluding hydrogens is 640 g/mol. The van der Waals surface area contributed by atoms with Gasteiger partial charge in [0.2, 0.25) is 0 Å². The molecule has 1 N–H and O–H groups in total. The molecule has 1 fully saturated rings. The van der Waals surface area contributed by atoms with Gasteiger partial charge in [-0.3, -0.25) is 19.2 Å². The zero-order chi connectivity index (χ0) is 32.3. The minimum absolute atomic E-state index is 0.243. The lowest BCUT2D eigenvalue weighted by molar-refractivity contribution is -0.0846. The number of carbonyl (C=O) groups is 4. The van der Waals surface area contributed by atoms with Crippen LogP contribution < -0.4 is 0 Å². The molecule has 0 spiro atoms. The Bertz CT molecular complexity index is 1870. The molecule has 0 bridgehead atoms. The highest BCUT2D eigenvalue weighted by Gasteiger charge is 2.61. The fraction of sp³-hybridized carbons (Fsp3) is 0.150. The first-order valence-electron chi connectivity index (χ1n) is 15.2. The smallest absolute Gasteiger partial charge is 0.169 e. The van der Waals surface area contributed by atoms with E-state index in [9.17, 15) is 24.3 Å². The van der Waals surface area contributed by atoms with Gasteiger partial charge >= 0.3 is 0 Å². The van der Waals surface area contributed by atoms with E-state index >= 15 is 0 Å². The number of Topliss-reactive ketones (excluding diaryl/α,β-unsaturated/α-hetero) is 4. The first kappa shape index (κ1) is 31.2. The zero-order valence-corrected chi connectivity index (χ0v) is 26.4. The second-order valence-corrected chi connectivity index (χ2v) is 12.5. The fourth-order valence-electron chi connectivity index (χ4n) is 6.90. The summed E-state index contributed by atoms with van der Waals surface area (Å²) in [5, 5.41) is 12.9. The number of hydrogen-bond donors (Lipinski definition) is 1. The number of benzene rings is 5. The standard InChI is InChI=1S/C40H31BrO5/c41-32-24-14-13-23-30(32)39(45)33-31(36(42)26-15-5-1-6-16-26)25-40(46,29-21-11-4-12-22-29)35(38(44)28-19-9-3-10-20-28)34(33)37(43)27-17-7-2-8-18-27/h1-24,31,33-35,46H,25H2. The number of ketones is 4. The van der Waals surface area contributed by atoms with E-state index in [2.05, 4.69) is 15.9 Å². The maximum atomic E-state index is 14.9. The zero-order valence-electron chi connectivity index (χ0n) is 24.8. The topological polar surface area (TPSA) is 88.5 Å². The normalized spacial score (nSPS) is 22.5. The predicted octanol–water partition coefficient (Wildman–Crippen LogP) is 8.04. The van der Waals surface area contributed by atoms with Crippen LogP contribution in [0.2, 0.25) is 0 Å². The number of carbonyl (C=O) groups excluding carboxylic acids is 4. The van der Waals surface area contributed by atoms with Gasteiger partial charge in [-0.1, -0.05) is 155 Å². The van der Waals surface area contributed by atoms with Crippen LogP contribution in [0.5, 0.6) is 0 Å². The van der Waals surface area contributed by atoms with Crippen molar-refractivity contribution >= 4 is 39.1 Å². The third kappa shape index (κ3) is 5.82. The SMILES string of the molecule is O=C(c1ccccc1)C1CC(O)(c2ccccc2)C(C(=O)c2ccccc2)C(C(=O)c2ccccc2)C1C(=O)c1ccccc1Br. The molecular formula is C40H31BrO5. The lowest BCUT2D eigenvalue weighted by atomic mass is 9.52. The largest absolute Gasteiger partial charge is 0.384 e. The summed E-state index contributed by atoms with van der Waals surface area (Å²) in [6.07, 6.45) is -0.243. The predicted molar refractivity (Wildman–Crippen MR) is 180 cm³/mol. The second-order valence-electron chi connectivity index (χ2n) is 11.7. The van der Waals surface area contributed by atoms with Gasteiger partial charge in [0.05, 0.1) is 5.92 Å². The summed E-state index contributed by atoms with van der Waals surface area (Å²) in [5.74, 6) is -6.95. The van der Waals surface area contributed by atoms with Gasteiger partial charge in [-0.25, -0.2) is 0 Å². The average Bonchev–Trinajstić information content (AvgIpc) is 3.11. The molecule has 5 nitrogen and oxygen atoms in total.